The lowest BCUT2D eigenvalue weighted by Crippen LogP contribution is -2.28. The molecule has 2 N–H and O–H groups in total. The standard InChI is InChI=1S/C46H58N4O5S/c1-8-29-49-39-19-13-11-17-36(39)45(4,5)42(49)26-23-34(38-25-22-35(32-48-38)44(52)47-28-15-9-10-21-41(51)33(2)3)24-27-43-46(6,7)37-18-12-14-20-40(37)50(43)30-16-31-56(53,54)55/h11-14,17-20,22-27,32-33H,8-10,15-16,21,28-31H2,1-7H3,(H-,47,52,53,54,55)/p+1. The zero-order valence-electron chi connectivity index (χ0n) is 34.1. The van der Waals surface area contributed by atoms with Crippen LogP contribution in [0.1, 0.15) is 114 Å². The largest absolute Gasteiger partial charge is 0.352 e. The fourth-order valence-corrected chi connectivity index (χ4v) is 8.34. The summed E-state index contributed by atoms with van der Waals surface area (Å²) >= 11 is 0. The number of hydrogen-bond acceptors (Lipinski definition) is 6. The lowest BCUT2D eigenvalue weighted by molar-refractivity contribution is -0.437. The Morgan fingerprint density at radius 3 is 2.32 bits per heavy atom. The number of aromatic nitrogens is 1. The molecule has 1 amide bonds. The maximum Gasteiger partial charge on any atom is 0.264 e. The minimum Gasteiger partial charge on any atom is -0.352 e. The number of allylic oxidation sites excluding steroid dienone is 6. The van der Waals surface area contributed by atoms with Gasteiger partial charge in [0.2, 0.25) is 5.69 Å². The van der Waals surface area contributed by atoms with Gasteiger partial charge >= 0.3 is 0 Å². The number of Topliss-reactive ketones (excluding diaryl/α,β-unsaturated/α-hetero) is 1. The fraction of sp³-hybridized carbons (Fsp3) is 0.435. The molecular weight excluding hydrogens is 721 g/mol. The van der Waals surface area contributed by atoms with Crippen LogP contribution in [0.5, 0.6) is 0 Å². The highest BCUT2D eigenvalue weighted by Gasteiger charge is 2.44. The summed E-state index contributed by atoms with van der Waals surface area (Å²) < 4.78 is 35.2. The van der Waals surface area contributed by atoms with Crippen LogP contribution in [-0.2, 0) is 25.7 Å². The van der Waals surface area contributed by atoms with Gasteiger partial charge in [-0.05, 0) is 69.0 Å². The summed E-state index contributed by atoms with van der Waals surface area (Å²) in [5.74, 6) is -0.176. The molecule has 0 saturated heterocycles. The number of nitrogens with one attached hydrogen (secondary N) is 1. The summed E-state index contributed by atoms with van der Waals surface area (Å²) in [6.07, 6.45) is 14.4. The highest BCUT2D eigenvalue weighted by atomic mass is 32.2. The number of hydrogen-bond donors (Lipinski definition) is 2. The van der Waals surface area contributed by atoms with Crippen LogP contribution in [0.4, 0.5) is 11.4 Å². The zero-order valence-corrected chi connectivity index (χ0v) is 35.0. The second-order valence-corrected chi connectivity index (χ2v) is 17.8. The molecule has 9 nitrogen and oxygen atoms in total. The Morgan fingerprint density at radius 2 is 1.64 bits per heavy atom. The molecule has 0 radical (unpaired) electrons. The van der Waals surface area contributed by atoms with E-state index in [1.807, 2.05) is 38.1 Å². The van der Waals surface area contributed by atoms with E-state index in [0.29, 0.717) is 30.8 Å². The van der Waals surface area contributed by atoms with Gasteiger partial charge in [-0.15, -0.1) is 0 Å². The Labute approximate surface area is 334 Å². The molecule has 3 heterocycles. The molecule has 2 aliphatic heterocycles. The van der Waals surface area contributed by atoms with Crippen molar-refractivity contribution in [2.45, 2.75) is 97.8 Å². The van der Waals surface area contributed by atoms with Gasteiger partial charge in [-0.1, -0.05) is 83.5 Å². The van der Waals surface area contributed by atoms with Gasteiger partial charge in [-0.2, -0.15) is 13.0 Å². The highest BCUT2D eigenvalue weighted by Crippen LogP contribution is 2.48. The normalized spacial score (nSPS) is 16.9. The van der Waals surface area contributed by atoms with Crippen molar-refractivity contribution in [3.63, 3.8) is 0 Å². The zero-order chi connectivity index (χ0) is 40.7. The summed E-state index contributed by atoms with van der Waals surface area (Å²) in [6, 6.07) is 20.4. The molecule has 0 saturated carbocycles. The first-order valence-electron chi connectivity index (χ1n) is 20.0. The van der Waals surface area contributed by atoms with Gasteiger partial charge in [0.15, 0.2) is 5.71 Å². The van der Waals surface area contributed by atoms with Gasteiger partial charge in [0.05, 0.1) is 22.4 Å². The summed E-state index contributed by atoms with van der Waals surface area (Å²) in [6.45, 7) is 16.7. The van der Waals surface area contributed by atoms with Gasteiger partial charge in [-0.25, -0.2) is 0 Å². The second-order valence-electron chi connectivity index (χ2n) is 16.2. The number of rotatable bonds is 18. The van der Waals surface area contributed by atoms with Crippen molar-refractivity contribution in [1.82, 2.24) is 10.3 Å². The van der Waals surface area contributed by atoms with Gasteiger partial charge in [0.25, 0.3) is 16.0 Å². The molecule has 0 fully saturated rings. The number of carbonyl (C=O) groups is 2. The quantitative estimate of drug-likeness (QED) is 0.0573. The fourth-order valence-electron chi connectivity index (χ4n) is 7.85. The van der Waals surface area contributed by atoms with Gasteiger partial charge in [-0.3, -0.25) is 19.1 Å². The van der Waals surface area contributed by atoms with Crippen LogP contribution in [0.2, 0.25) is 0 Å². The van der Waals surface area contributed by atoms with Crippen LogP contribution < -0.4 is 10.2 Å². The third-order valence-electron chi connectivity index (χ3n) is 11.0. The first kappa shape index (κ1) is 42.5. The van der Waals surface area contributed by atoms with E-state index < -0.39 is 10.1 Å². The molecule has 1 aromatic heterocycles. The topological polar surface area (TPSA) is 120 Å². The molecule has 0 atom stereocenters. The van der Waals surface area contributed by atoms with E-state index in [-0.39, 0.29) is 40.6 Å². The van der Waals surface area contributed by atoms with Crippen LogP contribution in [0.25, 0.3) is 5.57 Å². The minimum absolute atomic E-state index is 0.0563. The maximum absolute atomic E-state index is 13.1. The molecule has 2 aromatic carbocycles. The van der Waals surface area contributed by atoms with E-state index in [9.17, 15) is 22.6 Å². The third kappa shape index (κ3) is 9.82. The van der Waals surface area contributed by atoms with E-state index in [4.69, 9.17) is 4.98 Å². The number of unbranched alkanes of at least 4 members (excludes halogenated alkanes) is 2. The van der Waals surface area contributed by atoms with Gasteiger partial charge in [0.1, 0.15) is 12.3 Å². The van der Waals surface area contributed by atoms with E-state index in [1.54, 1.807) is 12.3 Å². The first-order valence-corrected chi connectivity index (χ1v) is 21.6. The van der Waals surface area contributed by atoms with Crippen molar-refractivity contribution in [3.8, 4) is 0 Å². The molecule has 3 aromatic rings. The number of nitrogens with zero attached hydrogens (tertiary/aromatic N) is 3. The molecule has 0 spiro atoms. The number of para-hydroxylation sites is 2. The number of fused-ring (bicyclic) bond motifs is 2. The molecule has 2 aliphatic rings. The lowest BCUT2D eigenvalue weighted by Gasteiger charge is -2.27. The monoisotopic (exact) mass is 779 g/mol. The van der Waals surface area contributed by atoms with E-state index >= 15 is 0 Å². The highest BCUT2D eigenvalue weighted by molar-refractivity contribution is 7.85. The molecule has 298 valence electrons. The van der Waals surface area contributed by atoms with Crippen LogP contribution in [0.15, 0.2) is 96.9 Å². The number of carbonyl (C=O) groups excluding carboxylic acids is 2. The van der Waals surface area contributed by atoms with Crippen molar-refractivity contribution < 1.29 is 27.1 Å². The average molecular weight is 780 g/mol. The average Bonchev–Trinajstić information content (AvgIpc) is 3.50. The number of pyridine rings is 1. The third-order valence-corrected chi connectivity index (χ3v) is 11.8. The Kier molecular flexibility index (Phi) is 13.7. The molecular formula is C46H59N4O5S+. The van der Waals surface area contributed by atoms with E-state index in [0.717, 1.165) is 54.7 Å². The SMILES string of the molecule is CCC[N+]1=C(C=CC(=CC=C2N(CCCS(=O)(=O)O)c3ccccc3C2(C)C)c2ccc(C(=O)NCCCCCC(=O)C(C)C)cn2)C(C)(C)c2ccccc21. The van der Waals surface area contributed by atoms with E-state index in [1.165, 1.54) is 17.0 Å². The predicted octanol–water partition coefficient (Wildman–Crippen LogP) is 8.98. The number of ketones is 1. The number of benzene rings is 2. The molecule has 56 heavy (non-hydrogen) atoms. The van der Waals surface area contributed by atoms with Gasteiger partial charge in [0, 0.05) is 78.1 Å². The Bertz CT molecular complexity index is 2140. The predicted molar refractivity (Wildman–Crippen MR) is 227 cm³/mol. The van der Waals surface area contributed by atoms with Crippen LogP contribution in [0.3, 0.4) is 0 Å². The second kappa shape index (κ2) is 18.1. The molecule has 0 unspecified atom stereocenters. The first-order chi connectivity index (χ1) is 26.6. The van der Waals surface area contributed by atoms with Crippen molar-refractivity contribution in [2.75, 3.05) is 30.3 Å². The van der Waals surface area contributed by atoms with Crippen LogP contribution in [0, 0.1) is 5.92 Å². The van der Waals surface area contributed by atoms with Crippen molar-refractivity contribution in [3.05, 3.63) is 119 Å². The smallest absolute Gasteiger partial charge is 0.264 e. The molecule has 0 aliphatic carbocycles. The summed E-state index contributed by atoms with van der Waals surface area (Å²) in [5, 5.41) is 3.00. The Hall–Kier alpha value is -4.67. The molecule has 0 bridgehead atoms. The van der Waals surface area contributed by atoms with Crippen LogP contribution >= 0.6 is 0 Å². The van der Waals surface area contributed by atoms with Gasteiger partial charge < -0.3 is 10.2 Å². The van der Waals surface area contributed by atoms with Crippen LogP contribution in [-0.4, -0.2) is 65.3 Å². The summed E-state index contributed by atoms with van der Waals surface area (Å²) in [5.41, 5.74) is 8.23. The van der Waals surface area contributed by atoms with Crippen molar-refractivity contribution in [2.24, 2.45) is 5.92 Å². The summed E-state index contributed by atoms with van der Waals surface area (Å²) in [4.78, 5) is 32.0. The minimum atomic E-state index is -4.10. The molecule has 5 rings (SSSR count). The summed E-state index contributed by atoms with van der Waals surface area (Å²) in [7, 11) is -4.10. The number of anilines is 1. The lowest BCUT2D eigenvalue weighted by atomic mass is 9.81. The van der Waals surface area contributed by atoms with Crippen molar-refractivity contribution in [1.29, 1.82) is 0 Å². The molecule has 10 heteroatoms. The van der Waals surface area contributed by atoms with Crippen molar-refractivity contribution >= 4 is 44.5 Å². The maximum atomic E-state index is 13.1. The van der Waals surface area contributed by atoms with E-state index in [2.05, 4.69) is 104 Å². The Balaban J connectivity index is 1.48. The number of amides is 1. The Morgan fingerprint density at radius 1 is 0.929 bits per heavy atom.